The van der Waals surface area contributed by atoms with Gasteiger partial charge in [0.2, 0.25) is 5.43 Å². The van der Waals surface area contributed by atoms with Crippen LogP contribution in [-0.2, 0) is 31.1 Å². The number of phosphoric acid groups is 1. The number of halogens is 1. The van der Waals surface area contributed by atoms with Crippen molar-refractivity contribution in [3.8, 4) is 0 Å². The zero-order chi connectivity index (χ0) is 30.0. The molecule has 1 amide bonds. The van der Waals surface area contributed by atoms with Gasteiger partial charge in [0.05, 0.1) is 23.3 Å². The molecule has 8 nitrogen and oxygen atoms in total. The Morgan fingerprint density at radius 2 is 1.61 bits per heavy atom. The Bertz CT molecular complexity index is 1480. The number of phosphoric ester groups is 1. The largest absolute Gasteiger partial charge is 0.475 e. The Balaban J connectivity index is 1.49. The van der Waals surface area contributed by atoms with Crippen LogP contribution in [0.1, 0.15) is 88.3 Å². The van der Waals surface area contributed by atoms with E-state index in [0.29, 0.717) is 29.8 Å². The number of nitrogens with one attached hydrogen (secondary N) is 1. The molecule has 222 valence electrons. The number of aromatic nitrogens is 1. The smallest absolute Gasteiger partial charge is 0.348 e. The highest BCUT2D eigenvalue weighted by atomic mass is 35.5. The average molecular weight is 603 g/mol. The molecule has 1 aromatic heterocycles. The lowest BCUT2D eigenvalue weighted by molar-refractivity contribution is 0.00314. The predicted molar refractivity (Wildman–Crippen MR) is 163 cm³/mol. The van der Waals surface area contributed by atoms with E-state index < -0.39 is 24.9 Å². The van der Waals surface area contributed by atoms with Crippen LogP contribution < -0.4 is 10.7 Å². The maximum atomic E-state index is 13.5. The summed E-state index contributed by atoms with van der Waals surface area (Å²) >= 11 is 5.96. The van der Waals surface area contributed by atoms with Crippen LogP contribution in [0, 0.1) is 0 Å². The van der Waals surface area contributed by atoms with E-state index >= 15 is 0 Å². The van der Waals surface area contributed by atoms with Gasteiger partial charge in [-0.05, 0) is 103 Å². The van der Waals surface area contributed by atoms with E-state index in [1.54, 1.807) is 59.9 Å². The highest BCUT2D eigenvalue weighted by Gasteiger charge is 2.37. The molecule has 2 aromatic carbocycles. The summed E-state index contributed by atoms with van der Waals surface area (Å²) < 4.78 is 32.4. The molecule has 0 atom stereocenters. The number of carbonyl (C=O) groups is 1. The fourth-order valence-electron chi connectivity index (χ4n) is 4.45. The molecule has 0 bridgehead atoms. The van der Waals surface area contributed by atoms with Crippen LogP contribution in [-0.4, -0.2) is 28.3 Å². The van der Waals surface area contributed by atoms with Crippen molar-refractivity contribution in [1.82, 2.24) is 9.88 Å². The summed E-state index contributed by atoms with van der Waals surface area (Å²) in [5.74, 6) is -0.409. The third-order valence-corrected chi connectivity index (χ3v) is 8.57. The Hall–Kier alpha value is -2.48. The van der Waals surface area contributed by atoms with Gasteiger partial charge in [0.15, 0.2) is 0 Å². The molecule has 10 heteroatoms. The summed E-state index contributed by atoms with van der Waals surface area (Å²) in [5.41, 5.74) is 1.03. The second-order valence-corrected chi connectivity index (χ2v) is 14.4. The fraction of sp³-hybridized carbons (Fsp3) is 0.484. The van der Waals surface area contributed by atoms with Crippen LogP contribution in [0.15, 0.2) is 53.5 Å². The molecule has 1 aliphatic carbocycles. The normalized spacial score (nSPS) is 14.4. The van der Waals surface area contributed by atoms with Crippen molar-refractivity contribution in [1.29, 1.82) is 0 Å². The second-order valence-electron chi connectivity index (χ2n) is 12.5. The van der Waals surface area contributed by atoms with Crippen LogP contribution in [0.4, 0.5) is 0 Å². The van der Waals surface area contributed by atoms with Gasteiger partial charge in [-0.3, -0.25) is 23.2 Å². The number of carbonyl (C=O) groups excluding carboxylic acids is 1. The summed E-state index contributed by atoms with van der Waals surface area (Å²) in [6.45, 7) is 11.2. The Labute approximate surface area is 246 Å². The van der Waals surface area contributed by atoms with Crippen molar-refractivity contribution < 1.29 is 22.9 Å². The van der Waals surface area contributed by atoms with Gasteiger partial charge in [0.1, 0.15) is 5.56 Å². The number of amides is 1. The summed E-state index contributed by atoms with van der Waals surface area (Å²) in [6.07, 6.45) is 4.83. The van der Waals surface area contributed by atoms with E-state index in [4.69, 9.17) is 25.2 Å². The predicted octanol–water partition coefficient (Wildman–Crippen LogP) is 7.61. The first kappa shape index (κ1) is 31.5. The van der Waals surface area contributed by atoms with Gasteiger partial charge in [-0.2, -0.15) is 0 Å². The topological polar surface area (TPSA) is 95.9 Å². The number of benzene rings is 2. The Kier molecular flexibility index (Phi) is 9.52. The van der Waals surface area contributed by atoms with E-state index in [9.17, 15) is 14.2 Å². The Morgan fingerprint density at radius 1 is 1.00 bits per heavy atom. The highest BCUT2D eigenvalue weighted by Crippen LogP contribution is 2.55. The minimum Gasteiger partial charge on any atom is -0.348 e. The third kappa shape index (κ3) is 9.00. The lowest BCUT2D eigenvalue weighted by atomic mass is 10.0. The standard InChI is InChI=1S/C31H40ClN2O6P/c1-30(2,3)39-41(37,40-31(4,5)6)38-17-7-8-21-11-16-27-25(18-21)28(35)26(20-34(27)24-14-15-24)29(36)33-19-22-9-12-23(32)13-10-22/h9-13,16,18,20,24H,7-8,14-15,17,19H2,1-6H3,(H,33,36). The fourth-order valence-corrected chi connectivity index (χ4v) is 6.41. The lowest BCUT2D eigenvalue weighted by Crippen LogP contribution is -2.29. The molecule has 0 unspecified atom stereocenters. The zero-order valence-corrected chi connectivity index (χ0v) is 26.3. The molecule has 41 heavy (non-hydrogen) atoms. The van der Waals surface area contributed by atoms with Gasteiger partial charge >= 0.3 is 7.82 Å². The Morgan fingerprint density at radius 3 is 2.20 bits per heavy atom. The molecule has 0 radical (unpaired) electrons. The maximum absolute atomic E-state index is 13.5. The van der Waals surface area contributed by atoms with E-state index in [0.717, 1.165) is 29.5 Å². The number of hydrogen-bond acceptors (Lipinski definition) is 6. The molecule has 3 aromatic rings. The van der Waals surface area contributed by atoms with Crippen molar-refractivity contribution in [3.05, 3.63) is 80.6 Å². The third-order valence-electron chi connectivity index (χ3n) is 6.28. The number of nitrogens with zero attached hydrogens (tertiary/aromatic N) is 1. The monoisotopic (exact) mass is 602 g/mol. The molecular formula is C31H40ClN2O6P. The van der Waals surface area contributed by atoms with E-state index in [2.05, 4.69) is 5.32 Å². The molecule has 1 fully saturated rings. The van der Waals surface area contributed by atoms with Gasteiger partial charge in [-0.1, -0.05) is 29.8 Å². The molecule has 1 saturated carbocycles. The number of hydrogen-bond donors (Lipinski definition) is 1. The van der Waals surface area contributed by atoms with Crippen molar-refractivity contribution in [3.63, 3.8) is 0 Å². The minimum atomic E-state index is -3.79. The lowest BCUT2D eigenvalue weighted by Gasteiger charge is -2.30. The van der Waals surface area contributed by atoms with Gasteiger partial charge in [-0.25, -0.2) is 4.57 Å². The van der Waals surface area contributed by atoms with Crippen LogP contribution in [0.2, 0.25) is 5.02 Å². The van der Waals surface area contributed by atoms with Crippen LogP contribution in [0.3, 0.4) is 0 Å². The van der Waals surface area contributed by atoms with Crippen molar-refractivity contribution >= 4 is 36.2 Å². The summed E-state index contributed by atoms with van der Waals surface area (Å²) in [5, 5.41) is 3.99. The minimum absolute atomic E-state index is 0.124. The molecule has 1 heterocycles. The zero-order valence-electron chi connectivity index (χ0n) is 24.7. The molecule has 0 saturated heterocycles. The van der Waals surface area contributed by atoms with E-state index in [-0.39, 0.29) is 23.6 Å². The molecule has 1 N–H and O–H groups in total. The van der Waals surface area contributed by atoms with Crippen molar-refractivity contribution in [2.24, 2.45) is 0 Å². The molecule has 0 spiro atoms. The highest BCUT2D eigenvalue weighted by molar-refractivity contribution is 7.48. The molecular weight excluding hydrogens is 563 g/mol. The SMILES string of the molecule is CC(C)(C)OP(=O)(OCCCc1ccc2c(c1)c(=O)c(C(=O)NCc1ccc(Cl)cc1)cn2C1CC1)OC(C)(C)C. The van der Waals surface area contributed by atoms with Crippen LogP contribution in [0.25, 0.3) is 10.9 Å². The van der Waals surface area contributed by atoms with Crippen LogP contribution >= 0.6 is 19.4 Å². The number of rotatable bonds is 11. The average Bonchev–Trinajstić information content (AvgIpc) is 3.70. The summed E-state index contributed by atoms with van der Waals surface area (Å²) in [4.78, 5) is 26.6. The second kappa shape index (κ2) is 12.4. The van der Waals surface area contributed by atoms with E-state index in [1.165, 1.54) is 0 Å². The molecule has 1 aliphatic rings. The quantitative estimate of drug-likeness (QED) is 0.179. The maximum Gasteiger partial charge on any atom is 0.475 e. The molecule has 0 aliphatic heterocycles. The molecule has 4 rings (SSSR count). The van der Waals surface area contributed by atoms with Crippen molar-refractivity contribution in [2.45, 2.75) is 91.0 Å². The van der Waals surface area contributed by atoms with Crippen molar-refractivity contribution in [2.75, 3.05) is 6.61 Å². The number of pyridine rings is 1. The van der Waals surface area contributed by atoms with E-state index in [1.807, 2.05) is 34.9 Å². The first-order valence-electron chi connectivity index (χ1n) is 14.0. The van der Waals surface area contributed by atoms with Gasteiger partial charge < -0.3 is 9.88 Å². The van der Waals surface area contributed by atoms with Crippen LogP contribution in [0.5, 0.6) is 0 Å². The van der Waals surface area contributed by atoms with Gasteiger partial charge in [-0.15, -0.1) is 0 Å². The first-order valence-corrected chi connectivity index (χ1v) is 15.8. The number of fused-ring (bicyclic) bond motifs is 1. The summed E-state index contributed by atoms with van der Waals surface area (Å²) in [7, 11) is -3.79. The first-order chi connectivity index (χ1) is 19.1. The van der Waals surface area contributed by atoms with Gasteiger partial charge in [0, 0.05) is 29.2 Å². The number of aryl methyl sites for hydroxylation is 1. The van der Waals surface area contributed by atoms with Gasteiger partial charge in [0.25, 0.3) is 5.91 Å². The summed E-state index contributed by atoms with van der Waals surface area (Å²) in [6, 6.07) is 13.3.